The number of Topliss-reactive ketones (excluding diaryl/α,β-unsaturated/α-hetero) is 1. The molecule has 18 heavy (non-hydrogen) atoms. The summed E-state index contributed by atoms with van der Waals surface area (Å²) in [5.41, 5.74) is 0.899. The van der Waals surface area contributed by atoms with E-state index in [0.717, 1.165) is 23.3 Å². The van der Waals surface area contributed by atoms with Gasteiger partial charge in [0, 0.05) is 23.6 Å². The number of aliphatic hydroxyl groups is 1. The fourth-order valence-corrected chi connectivity index (χ4v) is 2.57. The average Bonchev–Trinajstić information content (AvgIpc) is 2.50. The van der Waals surface area contributed by atoms with Gasteiger partial charge in [-0.15, -0.1) is 0 Å². The molecule has 0 saturated carbocycles. The lowest BCUT2D eigenvalue weighted by atomic mass is 10.0. The van der Waals surface area contributed by atoms with Crippen LogP contribution in [0.3, 0.4) is 0 Å². The van der Waals surface area contributed by atoms with Crippen molar-refractivity contribution in [1.82, 2.24) is 4.90 Å². The standard InChI is InChI=1S/C13H16BrNO3/c1-9(16)10-2-3-11(14)12(8-13(10)17)15-4-6-18-7-5-15/h2-3,8,10,17H,4-7H2,1H3. The lowest BCUT2D eigenvalue weighted by Crippen LogP contribution is -2.35. The molecule has 2 aliphatic rings. The molecular weight excluding hydrogens is 298 g/mol. The minimum absolute atomic E-state index is 0.0662. The van der Waals surface area contributed by atoms with E-state index in [0.29, 0.717) is 13.2 Å². The van der Waals surface area contributed by atoms with Crippen LogP contribution in [-0.2, 0) is 9.53 Å². The molecule has 0 aromatic rings. The Bertz CT molecular complexity index is 434. The number of ether oxygens (including phenoxy) is 1. The van der Waals surface area contributed by atoms with E-state index in [-0.39, 0.29) is 11.5 Å². The van der Waals surface area contributed by atoms with E-state index in [9.17, 15) is 9.90 Å². The Morgan fingerprint density at radius 3 is 2.78 bits per heavy atom. The Labute approximate surface area is 115 Å². The fraction of sp³-hybridized carbons (Fsp3) is 0.462. The van der Waals surface area contributed by atoms with Gasteiger partial charge in [-0.25, -0.2) is 0 Å². The van der Waals surface area contributed by atoms with E-state index in [1.807, 2.05) is 6.08 Å². The third-order valence-corrected chi connectivity index (χ3v) is 3.74. The molecule has 1 aliphatic heterocycles. The molecule has 1 N–H and O–H groups in total. The van der Waals surface area contributed by atoms with Gasteiger partial charge in [-0.05, 0) is 28.9 Å². The fourth-order valence-electron chi connectivity index (χ4n) is 2.05. The van der Waals surface area contributed by atoms with Crippen molar-refractivity contribution in [2.24, 2.45) is 5.92 Å². The number of morpholine rings is 1. The highest BCUT2D eigenvalue weighted by Crippen LogP contribution is 2.27. The van der Waals surface area contributed by atoms with Crippen LogP contribution in [-0.4, -0.2) is 42.1 Å². The molecule has 4 nitrogen and oxygen atoms in total. The molecule has 1 heterocycles. The summed E-state index contributed by atoms with van der Waals surface area (Å²) in [7, 11) is 0. The van der Waals surface area contributed by atoms with Crippen LogP contribution in [0.15, 0.2) is 34.2 Å². The number of hydrogen-bond donors (Lipinski definition) is 1. The number of ketones is 1. The van der Waals surface area contributed by atoms with Gasteiger partial charge >= 0.3 is 0 Å². The van der Waals surface area contributed by atoms with Gasteiger partial charge in [-0.1, -0.05) is 6.08 Å². The molecule has 2 rings (SSSR count). The Hall–Kier alpha value is -1.07. The van der Waals surface area contributed by atoms with Gasteiger partial charge in [-0.2, -0.15) is 0 Å². The predicted molar refractivity (Wildman–Crippen MR) is 72.4 cm³/mol. The van der Waals surface area contributed by atoms with Crippen LogP contribution in [0.2, 0.25) is 0 Å². The third-order valence-electron chi connectivity index (χ3n) is 3.07. The number of hydrogen-bond acceptors (Lipinski definition) is 4. The highest BCUT2D eigenvalue weighted by molar-refractivity contribution is 9.11. The second-order valence-corrected chi connectivity index (χ2v) is 5.20. The molecule has 0 radical (unpaired) electrons. The van der Waals surface area contributed by atoms with E-state index in [2.05, 4.69) is 20.8 Å². The summed E-state index contributed by atoms with van der Waals surface area (Å²) >= 11 is 3.49. The molecule has 1 aliphatic carbocycles. The average molecular weight is 314 g/mol. The Morgan fingerprint density at radius 2 is 2.17 bits per heavy atom. The molecule has 98 valence electrons. The zero-order chi connectivity index (χ0) is 13.1. The number of carbonyl (C=O) groups is 1. The van der Waals surface area contributed by atoms with Gasteiger partial charge in [0.25, 0.3) is 0 Å². The smallest absolute Gasteiger partial charge is 0.144 e. The van der Waals surface area contributed by atoms with Crippen molar-refractivity contribution in [2.75, 3.05) is 26.3 Å². The maximum absolute atomic E-state index is 11.4. The van der Waals surface area contributed by atoms with E-state index < -0.39 is 5.92 Å². The van der Waals surface area contributed by atoms with Gasteiger partial charge < -0.3 is 14.7 Å². The first-order chi connectivity index (χ1) is 8.59. The highest BCUT2D eigenvalue weighted by atomic mass is 79.9. The number of rotatable bonds is 2. The lowest BCUT2D eigenvalue weighted by Gasteiger charge is -2.30. The number of allylic oxidation sites excluding steroid dienone is 4. The maximum atomic E-state index is 11.4. The first kappa shape index (κ1) is 13.4. The lowest BCUT2D eigenvalue weighted by molar-refractivity contribution is -0.119. The molecule has 1 atom stereocenters. The minimum atomic E-state index is -0.545. The highest BCUT2D eigenvalue weighted by Gasteiger charge is 2.22. The summed E-state index contributed by atoms with van der Waals surface area (Å²) in [5, 5.41) is 10.0. The normalized spacial score (nSPS) is 24.9. The second-order valence-electron chi connectivity index (χ2n) is 4.35. The first-order valence-corrected chi connectivity index (χ1v) is 6.70. The summed E-state index contributed by atoms with van der Waals surface area (Å²) in [6.07, 6.45) is 5.21. The van der Waals surface area contributed by atoms with E-state index in [1.165, 1.54) is 6.92 Å². The van der Waals surface area contributed by atoms with Crippen LogP contribution in [0.1, 0.15) is 6.92 Å². The molecule has 0 bridgehead atoms. The van der Waals surface area contributed by atoms with E-state index in [1.54, 1.807) is 12.2 Å². The van der Waals surface area contributed by atoms with Crippen molar-refractivity contribution in [1.29, 1.82) is 0 Å². The Kier molecular flexibility index (Phi) is 4.24. The topological polar surface area (TPSA) is 49.8 Å². The summed E-state index contributed by atoms with van der Waals surface area (Å²) in [6, 6.07) is 0. The summed E-state index contributed by atoms with van der Waals surface area (Å²) in [5.74, 6) is -0.519. The van der Waals surface area contributed by atoms with Gasteiger partial charge in [0.1, 0.15) is 11.5 Å². The zero-order valence-corrected chi connectivity index (χ0v) is 11.8. The molecule has 1 saturated heterocycles. The molecule has 5 heteroatoms. The van der Waals surface area contributed by atoms with Crippen LogP contribution in [0.4, 0.5) is 0 Å². The van der Waals surface area contributed by atoms with Gasteiger partial charge in [0.15, 0.2) is 0 Å². The number of aliphatic hydroxyl groups excluding tert-OH is 1. The molecule has 0 aromatic heterocycles. The Morgan fingerprint density at radius 1 is 1.50 bits per heavy atom. The molecule has 1 unspecified atom stereocenters. The van der Waals surface area contributed by atoms with Crippen LogP contribution >= 0.6 is 15.9 Å². The molecular formula is C13H16BrNO3. The van der Waals surface area contributed by atoms with Gasteiger partial charge in [0.2, 0.25) is 0 Å². The monoisotopic (exact) mass is 313 g/mol. The molecule has 0 amide bonds. The quantitative estimate of drug-likeness (QED) is 0.848. The predicted octanol–water partition coefficient (Wildman–Crippen LogP) is 2.14. The van der Waals surface area contributed by atoms with Crippen molar-refractivity contribution in [3.05, 3.63) is 34.2 Å². The summed E-state index contributed by atoms with van der Waals surface area (Å²) in [4.78, 5) is 13.6. The SMILES string of the molecule is CC(=O)C1C=CC(Br)=C(N2CCOCC2)C=C1O. The number of halogens is 1. The van der Waals surface area contributed by atoms with Crippen molar-refractivity contribution >= 4 is 21.7 Å². The van der Waals surface area contributed by atoms with Crippen molar-refractivity contribution in [3.63, 3.8) is 0 Å². The number of nitrogens with zero attached hydrogens (tertiary/aromatic N) is 1. The van der Waals surface area contributed by atoms with Crippen LogP contribution in [0.5, 0.6) is 0 Å². The van der Waals surface area contributed by atoms with Crippen molar-refractivity contribution < 1.29 is 14.6 Å². The van der Waals surface area contributed by atoms with E-state index >= 15 is 0 Å². The van der Waals surface area contributed by atoms with Crippen LogP contribution in [0, 0.1) is 5.92 Å². The van der Waals surface area contributed by atoms with Crippen LogP contribution in [0.25, 0.3) is 0 Å². The largest absolute Gasteiger partial charge is 0.511 e. The molecule has 0 aromatic carbocycles. The first-order valence-electron chi connectivity index (χ1n) is 5.91. The van der Waals surface area contributed by atoms with Gasteiger partial charge in [0.05, 0.1) is 24.8 Å². The molecule has 0 spiro atoms. The van der Waals surface area contributed by atoms with E-state index in [4.69, 9.17) is 4.74 Å². The van der Waals surface area contributed by atoms with Gasteiger partial charge in [-0.3, -0.25) is 4.79 Å². The second kappa shape index (κ2) is 5.71. The zero-order valence-electron chi connectivity index (χ0n) is 10.2. The maximum Gasteiger partial charge on any atom is 0.144 e. The minimum Gasteiger partial charge on any atom is -0.511 e. The molecule has 1 fully saturated rings. The van der Waals surface area contributed by atoms with Crippen LogP contribution < -0.4 is 0 Å². The van der Waals surface area contributed by atoms with Crippen molar-refractivity contribution in [2.45, 2.75) is 6.92 Å². The third kappa shape index (κ3) is 2.84. The summed E-state index contributed by atoms with van der Waals surface area (Å²) in [6.45, 7) is 4.41. The summed E-state index contributed by atoms with van der Waals surface area (Å²) < 4.78 is 6.18. The Balaban J connectivity index is 2.28. The van der Waals surface area contributed by atoms with Crippen molar-refractivity contribution in [3.8, 4) is 0 Å². The number of carbonyl (C=O) groups excluding carboxylic acids is 1.